The van der Waals surface area contributed by atoms with Crippen LogP contribution in [0.2, 0.25) is 10.0 Å². The molecule has 0 saturated carbocycles. The first-order chi connectivity index (χ1) is 7.00. The molecule has 2 rings (SSSR count). The summed E-state index contributed by atoms with van der Waals surface area (Å²) in [6.45, 7) is 3.81. The van der Waals surface area contributed by atoms with E-state index in [-0.39, 0.29) is 0 Å². The zero-order valence-corrected chi connectivity index (χ0v) is 9.95. The van der Waals surface area contributed by atoms with E-state index in [9.17, 15) is 0 Å². The summed E-state index contributed by atoms with van der Waals surface area (Å²) in [7, 11) is 0. The third kappa shape index (κ3) is 1.64. The van der Waals surface area contributed by atoms with Gasteiger partial charge in [0.2, 0.25) is 0 Å². The summed E-state index contributed by atoms with van der Waals surface area (Å²) < 4.78 is 0. The molecule has 0 saturated heterocycles. The number of fused-ring (bicyclic) bond motifs is 1. The highest BCUT2D eigenvalue weighted by molar-refractivity contribution is 6.40. The van der Waals surface area contributed by atoms with Crippen LogP contribution in [0.3, 0.4) is 0 Å². The number of nitrogen functional groups attached to an aromatic ring is 1. The van der Waals surface area contributed by atoms with Gasteiger partial charge in [-0.25, -0.2) is 4.98 Å². The van der Waals surface area contributed by atoms with Gasteiger partial charge in [0.25, 0.3) is 0 Å². The number of aryl methyl sites for hydroxylation is 2. The van der Waals surface area contributed by atoms with E-state index in [1.807, 2.05) is 19.9 Å². The zero-order chi connectivity index (χ0) is 11.2. The van der Waals surface area contributed by atoms with Crippen molar-refractivity contribution in [2.45, 2.75) is 13.8 Å². The normalized spacial score (nSPS) is 10.9. The van der Waals surface area contributed by atoms with Gasteiger partial charge >= 0.3 is 0 Å². The van der Waals surface area contributed by atoms with E-state index in [0.717, 1.165) is 16.5 Å². The van der Waals surface area contributed by atoms with E-state index in [4.69, 9.17) is 28.9 Å². The highest BCUT2D eigenvalue weighted by Crippen LogP contribution is 2.33. The van der Waals surface area contributed by atoms with Crippen molar-refractivity contribution < 1.29 is 0 Å². The Kier molecular flexibility index (Phi) is 2.49. The summed E-state index contributed by atoms with van der Waals surface area (Å²) in [5.41, 5.74) is 8.25. The molecule has 0 spiro atoms. The average molecular weight is 241 g/mol. The van der Waals surface area contributed by atoms with Crippen molar-refractivity contribution in [3.8, 4) is 0 Å². The minimum Gasteiger partial charge on any atom is -0.383 e. The Labute approximate surface area is 98.0 Å². The lowest BCUT2D eigenvalue weighted by molar-refractivity contribution is 1.33. The van der Waals surface area contributed by atoms with Crippen molar-refractivity contribution in [2.24, 2.45) is 0 Å². The minimum absolute atomic E-state index is 0.490. The second kappa shape index (κ2) is 3.54. The van der Waals surface area contributed by atoms with Crippen LogP contribution >= 0.6 is 23.2 Å². The van der Waals surface area contributed by atoms with Crippen LogP contribution in [-0.4, -0.2) is 4.98 Å². The molecule has 0 amide bonds. The topological polar surface area (TPSA) is 38.9 Å². The van der Waals surface area contributed by atoms with Crippen LogP contribution in [0.15, 0.2) is 12.1 Å². The standard InChI is InChI=1S/C11H10Cl2N2/c1-5-4-8(12)10-7(9(5)13)3-6(2)11(14)15-10/h3-4H,1-2H3,(H2,14,15). The largest absolute Gasteiger partial charge is 0.383 e. The van der Waals surface area contributed by atoms with Crippen molar-refractivity contribution in [1.82, 2.24) is 4.98 Å². The summed E-state index contributed by atoms with van der Waals surface area (Å²) in [6, 6.07) is 3.72. The van der Waals surface area contributed by atoms with Crippen molar-refractivity contribution in [3.63, 3.8) is 0 Å². The smallest absolute Gasteiger partial charge is 0.127 e. The molecule has 1 aromatic heterocycles. The van der Waals surface area contributed by atoms with Crippen LogP contribution in [0, 0.1) is 13.8 Å². The quantitative estimate of drug-likeness (QED) is 0.762. The van der Waals surface area contributed by atoms with Crippen molar-refractivity contribution >= 4 is 39.9 Å². The van der Waals surface area contributed by atoms with E-state index >= 15 is 0 Å². The molecule has 2 N–H and O–H groups in total. The molecule has 0 atom stereocenters. The lowest BCUT2D eigenvalue weighted by Crippen LogP contribution is -1.95. The number of rotatable bonds is 0. The van der Waals surface area contributed by atoms with Gasteiger partial charge in [0.05, 0.1) is 15.6 Å². The number of hydrogen-bond donors (Lipinski definition) is 1. The van der Waals surface area contributed by atoms with E-state index in [0.29, 0.717) is 21.4 Å². The number of pyridine rings is 1. The highest BCUT2D eigenvalue weighted by Gasteiger charge is 2.10. The van der Waals surface area contributed by atoms with Crippen LogP contribution in [-0.2, 0) is 0 Å². The zero-order valence-electron chi connectivity index (χ0n) is 8.44. The van der Waals surface area contributed by atoms with Crippen LogP contribution in [0.4, 0.5) is 5.82 Å². The summed E-state index contributed by atoms with van der Waals surface area (Å²) in [4.78, 5) is 4.24. The van der Waals surface area contributed by atoms with Gasteiger partial charge in [-0.1, -0.05) is 23.2 Å². The van der Waals surface area contributed by atoms with E-state index in [2.05, 4.69) is 4.98 Å². The third-order valence-electron chi connectivity index (χ3n) is 2.40. The number of nitrogens with two attached hydrogens (primary N) is 1. The molecule has 0 fully saturated rings. The maximum atomic E-state index is 6.18. The van der Waals surface area contributed by atoms with Crippen LogP contribution in [0.5, 0.6) is 0 Å². The number of aromatic nitrogens is 1. The second-order valence-electron chi connectivity index (χ2n) is 3.58. The molecule has 0 aliphatic rings. The molecule has 2 aromatic rings. The Morgan fingerprint density at radius 3 is 2.47 bits per heavy atom. The van der Waals surface area contributed by atoms with Gasteiger partial charge in [-0.3, -0.25) is 0 Å². The summed E-state index contributed by atoms with van der Waals surface area (Å²) in [5, 5.41) is 2.12. The Balaban J connectivity index is 2.97. The summed E-state index contributed by atoms with van der Waals surface area (Å²) in [5.74, 6) is 0.490. The Morgan fingerprint density at radius 2 is 1.80 bits per heavy atom. The molecular formula is C11H10Cl2N2. The van der Waals surface area contributed by atoms with Crippen LogP contribution in [0.25, 0.3) is 10.9 Å². The van der Waals surface area contributed by atoms with Gasteiger partial charge in [0.1, 0.15) is 5.82 Å². The van der Waals surface area contributed by atoms with Gasteiger partial charge in [-0.15, -0.1) is 0 Å². The van der Waals surface area contributed by atoms with E-state index < -0.39 is 0 Å². The maximum Gasteiger partial charge on any atom is 0.127 e. The predicted molar refractivity (Wildman–Crippen MR) is 65.6 cm³/mol. The Morgan fingerprint density at radius 1 is 1.13 bits per heavy atom. The van der Waals surface area contributed by atoms with Crippen molar-refractivity contribution in [3.05, 3.63) is 33.3 Å². The predicted octanol–water partition coefficient (Wildman–Crippen LogP) is 3.74. The lowest BCUT2D eigenvalue weighted by Gasteiger charge is -2.08. The summed E-state index contributed by atoms with van der Waals surface area (Å²) >= 11 is 12.3. The van der Waals surface area contributed by atoms with Crippen LogP contribution in [0.1, 0.15) is 11.1 Å². The van der Waals surface area contributed by atoms with Crippen molar-refractivity contribution in [2.75, 3.05) is 5.73 Å². The molecule has 1 aromatic carbocycles. The molecule has 0 unspecified atom stereocenters. The number of hydrogen-bond acceptors (Lipinski definition) is 2. The number of benzene rings is 1. The molecule has 2 nitrogen and oxygen atoms in total. The second-order valence-corrected chi connectivity index (χ2v) is 4.36. The molecule has 78 valence electrons. The molecule has 0 aliphatic carbocycles. The van der Waals surface area contributed by atoms with Gasteiger partial charge < -0.3 is 5.73 Å². The van der Waals surface area contributed by atoms with E-state index in [1.54, 1.807) is 6.07 Å². The number of nitrogens with zero attached hydrogens (tertiary/aromatic N) is 1. The SMILES string of the molecule is Cc1cc2c(Cl)c(C)cc(Cl)c2nc1N. The Bertz CT molecular complexity index is 550. The molecule has 0 aliphatic heterocycles. The first-order valence-corrected chi connectivity index (χ1v) is 5.27. The van der Waals surface area contributed by atoms with Crippen molar-refractivity contribution in [1.29, 1.82) is 0 Å². The number of halogens is 2. The monoisotopic (exact) mass is 240 g/mol. The summed E-state index contributed by atoms with van der Waals surface area (Å²) in [6.07, 6.45) is 0. The fraction of sp³-hybridized carbons (Fsp3) is 0.182. The molecule has 4 heteroatoms. The average Bonchev–Trinajstić information content (AvgIpc) is 2.18. The van der Waals surface area contributed by atoms with E-state index in [1.165, 1.54) is 0 Å². The lowest BCUT2D eigenvalue weighted by atomic mass is 10.1. The third-order valence-corrected chi connectivity index (χ3v) is 3.19. The first kappa shape index (κ1) is 10.5. The van der Waals surface area contributed by atoms with Gasteiger partial charge in [0.15, 0.2) is 0 Å². The minimum atomic E-state index is 0.490. The van der Waals surface area contributed by atoms with Gasteiger partial charge in [0, 0.05) is 5.39 Å². The fourth-order valence-corrected chi connectivity index (χ4v) is 2.02. The fourth-order valence-electron chi connectivity index (χ4n) is 1.51. The van der Waals surface area contributed by atoms with Gasteiger partial charge in [-0.05, 0) is 37.1 Å². The van der Waals surface area contributed by atoms with Crippen LogP contribution < -0.4 is 5.73 Å². The Hall–Kier alpha value is -0.990. The maximum absolute atomic E-state index is 6.18. The first-order valence-electron chi connectivity index (χ1n) is 4.52. The highest BCUT2D eigenvalue weighted by atomic mass is 35.5. The molecule has 0 bridgehead atoms. The van der Waals surface area contributed by atoms with Gasteiger partial charge in [-0.2, -0.15) is 0 Å². The molecule has 0 radical (unpaired) electrons. The molecular weight excluding hydrogens is 231 g/mol. The molecule has 1 heterocycles. The molecule has 15 heavy (non-hydrogen) atoms. The number of anilines is 1.